The number of carbonyl (C=O) groups is 1. The third-order valence-corrected chi connectivity index (χ3v) is 5.06. The van der Waals surface area contributed by atoms with Gasteiger partial charge in [0.25, 0.3) is 11.5 Å². The Morgan fingerprint density at radius 1 is 1.15 bits per heavy atom. The molecule has 5 heteroatoms. The fraction of sp³-hybridized carbons (Fsp3) is 0.318. The molecule has 1 N–H and O–H groups in total. The van der Waals surface area contributed by atoms with Crippen LogP contribution in [0.5, 0.6) is 0 Å². The first-order valence-electron chi connectivity index (χ1n) is 9.29. The Labute approximate surface area is 158 Å². The fourth-order valence-corrected chi connectivity index (χ4v) is 3.67. The highest BCUT2D eigenvalue weighted by molar-refractivity contribution is 6.06. The van der Waals surface area contributed by atoms with Gasteiger partial charge in [0.1, 0.15) is 5.82 Å². The quantitative estimate of drug-likeness (QED) is 0.753. The molecule has 4 rings (SSSR count). The van der Waals surface area contributed by atoms with Gasteiger partial charge in [0.15, 0.2) is 0 Å². The molecule has 1 aromatic heterocycles. The minimum atomic E-state index is -0.198. The van der Waals surface area contributed by atoms with E-state index in [2.05, 4.69) is 31.1 Å². The van der Waals surface area contributed by atoms with Crippen LogP contribution in [-0.4, -0.2) is 15.5 Å². The van der Waals surface area contributed by atoms with Gasteiger partial charge in [-0.15, -0.1) is 0 Å². The summed E-state index contributed by atoms with van der Waals surface area (Å²) in [5, 5.41) is 3.58. The first-order valence-corrected chi connectivity index (χ1v) is 9.29. The van der Waals surface area contributed by atoms with Crippen LogP contribution < -0.4 is 10.9 Å². The van der Waals surface area contributed by atoms with Crippen LogP contribution in [-0.2, 0) is 18.4 Å². The van der Waals surface area contributed by atoms with Crippen LogP contribution >= 0.6 is 0 Å². The number of amides is 1. The Morgan fingerprint density at radius 3 is 2.70 bits per heavy atom. The number of hydrogen-bond donors (Lipinski definition) is 1. The second-order valence-electron chi connectivity index (χ2n) is 8.07. The summed E-state index contributed by atoms with van der Waals surface area (Å²) >= 11 is 0. The SMILES string of the molecule is CC(C)(C)c1ccccc1NC(=O)c1ccc2c(=O)n3c(nc2c1)CCC3. The van der Waals surface area contributed by atoms with E-state index >= 15 is 0 Å². The van der Waals surface area contributed by atoms with E-state index in [1.165, 1.54) is 0 Å². The van der Waals surface area contributed by atoms with Gasteiger partial charge in [0.05, 0.1) is 10.9 Å². The second kappa shape index (κ2) is 6.34. The number of para-hydroxylation sites is 1. The summed E-state index contributed by atoms with van der Waals surface area (Å²) in [5.74, 6) is 0.610. The number of fused-ring (bicyclic) bond motifs is 2. The average Bonchev–Trinajstić information content (AvgIpc) is 3.09. The summed E-state index contributed by atoms with van der Waals surface area (Å²) in [6.07, 6.45) is 1.75. The predicted octanol–water partition coefficient (Wildman–Crippen LogP) is 3.89. The van der Waals surface area contributed by atoms with E-state index < -0.39 is 0 Å². The Hall–Kier alpha value is -2.95. The van der Waals surface area contributed by atoms with E-state index in [0.29, 0.717) is 16.5 Å². The monoisotopic (exact) mass is 361 g/mol. The lowest BCUT2D eigenvalue weighted by atomic mass is 9.86. The second-order valence-corrected chi connectivity index (χ2v) is 8.07. The average molecular weight is 361 g/mol. The molecule has 0 fully saturated rings. The lowest BCUT2D eigenvalue weighted by molar-refractivity contribution is 0.102. The summed E-state index contributed by atoms with van der Waals surface area (Å²) in [5.41, 5.74) is 2.87. The van der Waals surface area contributed by atoms with E-state index in [4.69, 9.17) is 0 Å². The molecular formula is C22H23N3O2. The molecule has 0 aliphatic carbocycles. The first-order chi connectivity index (χ1) is 12.8. The highest BCUT2D eigenvalue weighted by Crippen LogP contribution is 2.29. The van der Waals surface area contributed by atoms with Crippen molar-refractivity contribution in [1.82, 2.24) is 9.55 Å². The summed E-state index contributed by atoms with van der Waals surface area (Å²) < 4.78 is 1.74. The molecular weight excluding hydrogens is 338 g/mol. The number of nitrogens with zero attached hydrogens (tertiary/aromatic N) is 2. The summed E-state index contributed by atoms with van der Waals surface area (Å²) in [4.78, 5) is 30.0. The number of rotatable bonds is 2. The van der Waals surface area contributed by atoms with E-state index in [1.54, 1.807) is 22.8 Å². The Kier molecular flexibility index (Phi) is 4.10. The van der Waals surface area contributed by atoms with Crippen molar-refractivity contribution >= 4 is 22.5 Å². The van der Waals surface area contributed by atoms with Gasteiger partial charge in [-0.3, -0.25) is 14.2 Å². The van der Waals surface area contributed by atoms with Gasteiger partial charge < -0.3 is 5.32 Å². The Balaban J connectivity index is 1.70. The molecule has 0 saturated carbocycles. The van der Waals surface area contributed by atoms with Crippen molar-refractivity contribution in [2.24, 2.45) is 0 Å². The maximum atomic E-state index is 12.8. The van der Waals surface area contributed by atoms with Gasteiger partial charge >= 0.3 is 0 Å². The standard InChI is InChI=1S/C22H23N3O2/c1-22(2,3)16-7-4-5-8-17(16)24-20(26)14-10-11-15-18(13-14)23-19-9-6-12-25(19)21(15)27/h4-5,7-8,10-11,13H,6,9,12H2,1-3H3,(H,24,26). The number of aromatic nitrogens is 2. The first kappa shape index (κ1) is 17.5. The summed E-state index contributed by atoms with van der Waals surface area (Å²) in [7, 11) is 0. The summed E-state index contributed by atoms with van der Waals surface area (Å²) in [6, 6.07) is 13.0. The van der Waals surface area contributed by atoms with Crippen molar-refractivity contribution < 1.29 is 4.79 Å². The summed E-state index contributed by atoms with van der Waals surface area (Å²) in [6.45, 7) is 7.08. The largest absolute Gasteiger partial charge is 0.322 e. The Bertz CT molecular complexity index is 1110. The third-order valence-electron chi connectivity index (χ3n) is 5.06. The van der Waals surface area contributed by atoms with Crippen LogP contribution in [0.4, 0.5) is 5.69 Å². The van der Waals surface area contributed by atoms with E-state index in [9.17, 15) is 9.59 Å². The number of hydrogen-bond acceptors (Lipinski definition) is 3. The number of aryl methyl sites for hydroxylation is 1. The molecule has 0 spiro atoms. The topological polar surface area (TPSA) is 64.0 Å². The van der Waals surface area contributed by atoms with Crippen molar-refractivity contribution in [3.05, 3.63) is 69.8 Å². The lowest BCUT2D eigenvalue weighted by Crippen LogP contribution is -2.21. The highest BCUT2D eigenvalue weighted by atomic mass is 16.1. The molecule has 0 atom stereocenters. The Morgan fingerprint density at radius 2 is 1.93 bits per heavy atom. The van der Waals surface area contributed by atoms with Crippen molar-refractivity contribution in [3.63, 3.8) is 0 Å². The van der Waals surface area contributed by atoms with Crippen molar-refractivity contribution in [3.8, 4) is 0 Å². The molecule has 0 saturated heterocycles. The molecule has 1 amide bonds. The molecule has 2 aromatic carbocycles. The molecule has 138 valence electrons. The lowest BCUT2D eigenvalue weighted by Gasteiger charge is -2.23. The number of benzene rings is 2. The zero-order chi connectivity index (χ0) is 19.2. The molecule has 27 heavy (non-hydrogen) atoms. The van der Waals surface area contributed by atoms with Crippen LogP contribution in [0.25, 0.3) is 10.9 Å². The zero-order valence-electron chi connectivity index (χ0n) is 15.9. The van der Waals surface area contributed by atoms with E-state index in [-0.39, 0.29) is 16.9 Å². The molecule has 0 radical (unpaired) electrons. The van der Waals surface area contributed by atoms with Crippen LogP contribution in [0, 0.1) is 0 Å². The van der Waals surface area contributed by atoms with Gasteiger partial charge in [0.2, 0.25) is 0 Å². The molecule has 3 aromatic rings. The maximum absolute atomic E-state index is 12.8. The van der Waals surface area contributed by atoms with Crippen LogP contribution in [0.1, 0.15) is 48.9 Å². The van der Waals surface area contributed by atoms with Crippen molar-refractivity contribution in [2.75, 3.05) is 5.32 Å². The number of nitrogens with one attached hydrogen (secondary N) is 1. The van der Waals surface area contributed by atoms with Crippen LogP contribution in [0.3, 0.4) is 0 Å². The number of carbonyl (C=O) groups excluding carboxylic acids is 1. The predicted molar refractivity (Wildman–Crippen MR) is 107 cm³/mol. The van der Waals surface area contributed by atoms with Crippen LogP contribution in [0.15, 0.2) is 47.3 Å². The van der Waals surface area contributed by atoms with Gasteiger partial charge in [-0.25, -0.2) is 4.98 Å². The van der Waals surface area contributed by atoms with Gasteiger partial charge in [-0.1, -0.05) is 39.0 Å². The molecule has 0 unspecified atom stereocenters. The normalized spacial score (nSPS) is 13.6. The molecule has 1 aliphatic heterocycles. The zero-order valence-corrected chi connectivity index (χ0v) is 15.9. The van der Waals surface area contributed by atoms with Gasteiger partial charge in [-0.2, -0.15) is 0 Å². The fourth-order valence-electron chi connectivity index (χ4n) is 3.67. The van der Waals surface area contributed by atoms with Crippen molar-refractivity contribution in [2.45, 2.75) is 45.6 Å². The number of anilines is 1. The van der Waals surface area contributed by atoms with Crippen LogP contribution in [0.2, 0.25) is 0 Å². The molecule has 5 nitrogen and oxygen atoms in total. The van der Waals surface area contributed by atoms with Crippen molar-refractivity contribution in [1.29, 1.82) is 0 Å². The molecule has 2 heterocycles. The third kappa shape index (κ3) is 3.14. The highest BCUT2D eigenvalue weighted by Gasteiger charge is 2.20. The minimum Gasteiger partial charge on any atom is -0.322 e. The molecule has 0 bridgehead atoms. The van der Waals surface area contributed by atoms with Gasteiger partial charge in [-0.05, 0) is 41.7 Å². The van der Waals surface area contributed by atoms with Gasteiger partial charge in [0, 0.05) is 24.2 Å². The van der Waals surface area contributed by atoms with E-state index in [1.807, 2.05) is 24.3 Å². The van der Waals surface area contributed by atoms with E-state index in [0.717, 1.165) is 36.5 Å². The maximum Gasteiger partial charge on any atom is 0.261 e. The minimum absolute atomic E-state index is 0.0162. The smallest absolute Gasteiger partial charge is 0.261 e. The molecule has 1 aliphatic rings.